The first-order valence-electron chi connectivity index (χ1n) is 9.81. The van der Waals surface area contributed by atoms with Gasteiger partial charge in [-0.15, -0.1) is 0 Å². The predicted octanol–water partition coefficient (Wildman–Crippen LogP) is 2.70. The van der Waals surface area contributed by atoms with E-state index in [1.807, 2.05) is 0 Å². The van der Waals surface area contributed by atoms with Gasteiger partial charge in [0.05, 0.1) is 30.0 Å². The highest BCUT2D eigenvalue weighted by Gasteiger charge is 2.67. The van der Waals surface area contributed by atoms with Crippen LogP contribution in [-0.2, 0) is 27.0 Å². The number of carbonyl (C=O) groups is 2. The molecule has 3 aliphatic rings. The minimum Gasteiger partial charge on any atom is -0.360 e. The minimum atomic E-state index is -4.52. The maximum Gasteiger partial charge on any atom is 0.416 e. The van der Waals surface area contributed by atoms with E-state index in [1.165, 1.54) is 17.0 Å². The van der Waals surface area contributed by atoms with Gasteiger partial charge in [-0.05, 0) is 35.9 Å². The van der Waals surface area contributed by atoms with Crippen LogP contribution in [0.15, 0.2) is 60.9 Å². The van der Waals surface area contributed by atoms with Crippen molar-refractivity contribution in [3.63, 3.8) is 0 Å². The van der Waals surface area contributed by atoms with Crippen LogP contribution < -0.4 is 10.2 Å². The van der Waals surface area contributed by atoms with Crippen LogP contribution in [0.25, 0.3) is 0 Å². The van der Waals surface area contributed by atoms with Crippen LogP contribution in [0.5, 0.6) is 0 Å². The molecule has 2 bridgehead atoms. The molecule has 160 valence electrons. The molecular formula is C22H18F3N3O3. The summed E-state index contributed by atoms with van der Waals surface area (Å²) in [5.41, 5.74) is -0.838. The van der Waals surface area contributed by atoms with Gasteiger partial charge in [-0.1, -0.05) is 18.2 Å². The molecule has 1 aromatic carbocycles. The molecule has 1 spiro atoms. The Hall–Kier alpha value is -3.20. The summed E-state index contributed by atoms with van der Waals surface area (Å²) >= 11 is 0. The van der Waals surface area contributed by atoms with Crippen LogP contribution in [0.3, 0.4) is 0 Å². The van der Waals surface area contributed by atoms with E-state index in [4.69, 9.17) is 4.74 Å². The molecule has 31 heavy (non-hydrogen) atoms. The van der Waals surface area contributed by atoms with Crippen molar-refractivity contribution in [2.24, 2.45) is 11.8 Å². The number of amides is 2. The second-order valence-electron chi connectivity index (χ2n) is 7.95. The SMILES string of the molecule is O=C(NCc1ccncc1)[C@H]1[C@H]2C(=O)N(c3cccc(C(F)(F)F)c3)C[C@@]23C=C[C@H]1O3. The van der Waals surface area contributed by atoms with Crippen LogP contribution in [-0.4, -0.2) is 35.0 Å². The zero-order valence-electron chi connectivity index (χ0n) is 16.2. The summed E-state index contributed by atoms with van der Waals surface area (Å²) in [5.74, 6) is -2.25. The Kier molecular flexibility index (Phi) is 4.40. The van der Waals surface area contributed by atoms with Crippen molar-refractivity contribution in [2.75, 3.05) is 11.4 Å². The van der Waals surface area contributed by atoms with Crippen molar-refractivity contribution in [1.29, 1.82) is 0 Å². The quantitative estimate of drug-likeness (QED) is 0.759. The molecule has 0 saturated carbocycles. The Morgan fingerprint density at radius 1 is 1.26 bits per heavy atom. The van der Waals surface area contributed by atoms with Crippen LogP contribution in [0.2, 0.25) is 0 Å². The Balaban J connectivity index is 1.39. The lowest BCUT2D eigenvalue weighted by Gasteiger charge is -2.23. The van der Waals surface area contributed by atoms with Crippen LogP contribution in [0, 0.1) is 11.8 Å². The largest absolute Gasteiger partial charge is 0.416 e. The molecule has 9 heteroatoms. The number of anilines is 1. The Bertz CT molecular complexity index is 1070. The predicted molar refractivity (Wildman–Crippen MR) is 104 cm³/mol. The number of pyridine rings is 1. The summed E-state index contributed by atoms with van der Waals surface area (Å²) in [7, 11) is 0. The second-order valence-corrected chi connectivity index (χ2v) is 7.95. The molecule has 6 nitrogen and oxygen atoms in total. The summed E-state index contributed by atoms with van der Waals surface area (Å²) in [6.45, 7) is 0.346. The first kappa shape index (κ1) is 19.7. The number of benzene rings is 1. The van der Waals surface area contributed by atoms with Gasteiger partial charge in [-0.2, -0.15) is 13.2 Å². The number of hydrogen-bond donors (Lipinski definition) is 1. The van der Waals surface area contributed by atoms with Gasteiger partial charge in [-0.25, -0.2) is 0 Å². The number of fused-ring (bicyclic) bond motifs is 1. The standard InChI is InChI=1S/C22H18F3N3O3/c23-22(24,25)14-2-1-3-15(10-14)28-12-21-7-4-16(31-21)17(18(21)20(28)30)19(29)27-11-13-5-8-26-9-6-13/h1-10,16-18H,11-12H2,(H,27,29)/t16-,17-,18+,21+/m1/s1. The first-order valence-corrected chi connectivity index (χ1v) is 9.81. The molecule has 4 heterocycles. The number of nitrogens with zero attached hydrogens (tertiary/aromatic N) is 2. The zero-order chi connectivity index (χ0) is 21.8. The molecular weight excluding hydrogens is 411 g/mol. The van der Waals surface area contributed by atoms with Gasteiger partial charge in [0.2, 0.25) is 11.8 Å². The monoisotopic (exact) mass is 429 g/mol. The number of ether oxygens (including phenoxy) is 1. The maximum absolute atomic E-state index is 13.3. The lowest BCUT2D eigenvalue weighted by Crippen LogP contribution is -2.44. The van der Waals surface area contributed by atoms with E-state index in [-0.39, 0.29) is 24.7 Å². The van der Waals surface area contributed by atoms with E-state index in [1.54, 1.807) is 36.7 Å². The summed E-state index contributed by atoms with van der Waals surface area (Å²) in [6, 6.07) is 8.18. The molecule has 2 aromatic rings. The van der Waals surface area contributed by atoms with Gasteiger partial charge in [0.15, 0.2) is 0 Å². The van der Waals surface area contributed by atoms with E-state index < -0.39 is 41.2 Å². The van der Waals surface area contributed by atoms with Crippen molar-refractivity contribution < 1.29 is 27.5 Å². The van der Waals surface area contributed by atoms with Gasteiger partial charge in [0.25, 0.3) is 0 Å². The second kappa shape index (κ2) is 6.91. The van der Waals surface area contributed by atoms with Crippen LogP contribution >= 0.6 is 0 Å². The van der Waals surface area contributed by atoms with E-state index in [0.717, 1.165) is 17.7 Å². The molecule has 2 saturated heterocycles. The number of alkyl halides is 3. The number of carbonyl (C=O) groups excluding carboxylic acids is 2. The number of nitrogens with one attached hydrogen (secondary N) is 1. The van der Waals surface area contributed by atoms with E-state index in [0.29, 0.717) is 0 Å². The molecule has 2 fully saturated rings. The molecule has 3 aliphatic heterocycles. The lowest BCUT2D eigenvalue weighted by atomic mass is 9.77. The Morgan fingerprint density at radius 3 is 2.77 bits per heavy atom. The van der Waals surface area contributed by atoms with Gasteiger partial charge >= 0.3 is 6.18 Å². The van der Waals surface area contributed by atoms with Crippen molar-refractivity contribution in [2.45, 2.75) is 24.4 Å². The highest BCUT2D eigenvalue weighted by molar-refractivity contribution is 6.03. The van der Waals surface area contributed by atoms with Crippen molar-refractivity contribution >= 4 is 17.5 Å². The van der Waals surface area contributed by atoms with Gasteiger partial charge in [0.1, 0.15) is 5.60 Å². The third kappa shape index (κ3) is 3.20. The summed E-state index contributed by atoms with van der Waals surface area (Å²) in [5, 5.41) is 2.84. The van der Waals surface area contributed by atoms with E-state index in [2.05, 4.69) is 10.3 Å². The van der Waals surface area contributed by atoms with E-state index in [9.17, 15) is 22.8 Å². The summed E-state index contributed by atoms with van der Waals surface area (Å²) in [4.78, 5) is 31.4. The smallest absolute Gasteiger partial charge is 0.360 e. The fourth-order valence-electron chi connectivity index (χ4n) is 4.67. The van der Waals surface area contributed by atoms with Crippen molar-refractivity contribution in [3.8, 4) is 0 Å². The number of rotatable bonds is 4. The highest BCUT2D eigenvalue weighted by Crippen LogP contribution is 2.52. The van der Waals surface area contributed by atoms with Crippen molar-refractivity contribution in [3.05, 3.63) is 72.1 Å². The maximum atomic E-state index is 13.3. The molecule has 0 radical (unpaired) electrons. The molecule has 1 aromatic heterocycles. The molecule has 1 N–H and O–H groups in total. The topological polar surface area (TPSA) is 71.5 Å². The average Bonchev–Trinajstić information content (AvgIpc) is 3.40. The third-order valence-corrected chi connectivity index (χ3v) is 6.10. The minimum absolute atomic E-state index is 0.0684. The van der Waals surface area contributed by atoms with Crippen molar-refractivity contribution in [1.82, 2.24) is 10.3 Å². The third-order valence-electron chi connectivity index (χ3n) is 6.10. The Morgan fingerprint density at radius 2 is 2.03 bits per heavy atom. The molecule has 4 atom stereocenters. The number of hydrogen-bond acceptors (Lipinski definition) is 4. The number of aromatic nitrogens is 1. The fourth-order valence-corrected chi connectivity index (χ4v) is 4.67. The zero-order valence-corrected chi connectivity index (χ0v) is 16.2. The van der Waals surface area contributed by atoms with Gasteiger partial charge in [-0.3, -0.25) is 14.6 Å². The molecule has 0 unspecified atom stereocenters. The van der Waals surface area contributed by atoms with Gasteiger partial charge in [0, 0.05) is 24.6 Å². The summed E-state index contributed by atoms with van der Waals surface area (Å²) < 4.78 is 45.4. The van der Waals surface area contributed by atoms with E-state index >= 15 is 0 Å². The first-order chi connectivity index (χ1) is 14.8. The fraction of sp³-hybridized carbons (Fsp3) is 0.318. The number of halogens is 3. The molecule has 0 aliphatic carbocycles. The average molecular weight is 429 g/mol. The normalized spacial score (nSPS) is 28.8. The lowest BCUT2D eigenvalue weighted by molar-refractivity contribution is -0.137. The highest BCUT2D eigenvalue weighted by atomic mass is 19.4. The molecule has 5 rings (SSSR count). The Labute approximate surface area is 175 Å². The van der Waals surface area contributed by atoms with Crippen LogP contribution in [0.4, 0.5) is 18.9 Å². The van der Waals surface area contributed by atoms with Gasteiger partial charge < -0.3 is 15.0 Å². The summed E-state index contributed by atoms with van der Waals surface area (Å²) in [6.07, 6.45) is 1.71. The van der Waals surface area contributed by atoms with Crippen LogP contribution in [0.1, 0.15) is 11.1 Å². The molecule has 2 amide bonds.